The number of rotatable bonds is 5. The molecule has 6 nitrogen and oxygen atoms in total. The van der Waals surface area contributed by atoms with Gasteiger partial charge < -0.3 is 0 Å². The van der Waals surface area contributed by atoms with Gasteiger partial charge in [0.2, 0.25) is 5.91 Å². The van der Waals surface area contributed by atoms with Crippen molar-refractivity contribution in [3.8, 4) is 0 Å². The Balaban J connectivity index is 2.17. The number of halogens is 3. The van der Waals surface area contributed by atoms with Crippen LogP contribution in [-0.4, -0.2) is 34.6 Å². The Morgan fingerprint density at radius 3 is 2.50 bits per heavy atom. The van der Waals surface area contributed by atoms with Crippen molar-refractivity contribution in [3.63, 3.8) is 0 Å². The maximum atomic E-state index is 13.4. The number of aryl methyl sites for hydroxylation is 1. The molecule has 1 heterocycles. The van der Waals surface area contributed by atoms with Crippen molar-refractivity contribution >= 4 is 11.6 Å². The predicted molar refractivity (Wildman–Crippen MR) is 79.9 cm³/mol. The average molecular weight is 345 g/mol. The number of nitrogens with one attached hydrogen (secondary N) is 1. The molecule has 1 fully saturated rings. The molecular formula is C15H18F3N3O3. The van der Waals surface area contributed by atoms with Crippen LogP contribution in [0.2, 0.25) is 0 Å². The van der Waals surface area contributed by atoms with Gasteiger partial charge in [0.05, 0.1) is 10.3 Å². The van der Waals surface area contributed by atoms with Gasteiger partial charge in [-0.05, 0) is 26.7 Å². The molecule has 1 aliphatic heterocycles. The van der Waals surface area contributed by atoms with Crippen molar-refractivity contribution in [3.05, 3.63) is 39.9 Å². The Hall–Kier alpha value is -2.16. The number of para-hydroxylation sites is 1. The lowest BCUT2D eigenvalue weighted by molar-refractivity contribution is -0.385. The lowest BCUT2D eigenvalue weighted by Crippen LogP contribution is -2.50. The van der Waals surface area contributed by atoms with Crippen molar-refractivity contribution in [1.29, 1.82) is 0 Å². The molecule has 0 saturated carbocycles. The van der Waals surface area contributed by atoms with Crippen LogP contribution in [0.4, 0.5) is 18.9 Å². The van der Waals surface area contributed by atoms with E-state index in [1.165, 1.54) is 18.2 Å². The van der Waals surface area contributed by atoms with Gasteiger partial charge in [-0.1, -0.05) is 18.2 Å². The second kappa shape index (κ2) is 6.39. The highest BCUT2D eigenvalue weighted by Gasteiger charge is 2.50. The minimum absolute atomic E-state index is 0.0765. The summed E-state index contributed by atoms with van der Waals surface area (Å²) in [4.78, 5) is 22.1. The van der Waals surface area contributed by atoms with Crippen LogP contribution in [0.25, 0.3) is 0 Å². The zero-order valence-electron chi connectivity index (χ0n) is 13.3. The summed E-state index contributed by atoms with van der Waals surface area (Å²) in [6, 6.07) is 3.82. The standard InChI is InChI=1S/C15H18F3N3O3/c1-14(2)9-20(19-13(14)22)12(15(16,17)18)8-7-10-5-3-4-6-11(10)21(23)24/h3-6,12H,7-9H2,1-2H3,(H,19,22). The Morgan fingerprint density at radius 2 is 2.00 bits per heavy atom. The third-order valence-corrected chi connectivity index (χ3v) is 4.05. The van der Waals surface area contributed by atoms with Gasteiger partial charge in [-0.2, -0.15) is 13.2 Å². The summed E-state index contributed by atoms with van der Waals surface area (Å²) in [5.41, 5.74) is 1.38. The number of nitro benzene ring substituents is 1. The predicted octanol–water partition coefficient (Wildman–Crippen LogP) is 2.83. The van der Waals surface area contributed by atoms with E-state index in [0.717, 1.165) is 5.01 Å². The molecule has 1 unspecified atom stereocenters. The van der Waals surface area contributed by atoms with Gasteiger partial charge in [0.15, 0.2) is 0 Å². The van der Waals surface area contributed by atoms with E-state index in [0.29, 0.717) is 0 Å². The fraction of sp³-hybridized carbons (Fsp3) is 0.533. The SMILES string of the molecule is CC1(C)CN(C(CCc2ccccc2[N+](=O)[O-])C(F)(F)F)NC1=O. The zero-order chi connectivity index (χ0) is 18.1. The Kier molecular flexibility index (Phi) is 4.84. The largest absolute Gasteiger partial charge is 0.405 e. The molecule has 0 aliphatic carbocycles. The van der Waals surface area contributed by atoms with Crippen molar-refractivity contribution in [2.24, 2.45) is 5.41 Å². The van der Waals surface area contributed by atoms with E-state index in [1.54, 1.807) is 19.9 Å². The van der Waals surface area contributed by atoms with Crippen molar-refractivity contribution in [2.45, 2.75) is 38.9 Å². The van der Waals surface area contributed by atoms with E-state index in [9.17, 15) is 28.1 Å². The van der Waals surface area contributed by atoms with Gasteiger partial charge in [0, 0.05) is 18.2 Å². The van der Waals surface area contributed by atoms with Crippen molar-refractivity contribution in [2.75, 3.05) is 6.54 Å². The molecule has 2 rings (SSSR count). The van der Waals surface area contributed by atoms with Crippen molar-refractivity contribution < 1.29 is 22.9 Å². The molecule has 1 saturated heterocycles. The summed E-state index contributed by atoms with van der Waals surface area (Å²) in [6.45, 7) is 3.06. The number of amides is 1. The third kappa shape index (κ3) is 3.84. The molecule has 1 aromatic carbocycles. The van der Waals surface area contributed by atoms with Crippen LogP contribution in [0.5, 0.6) is 0 Å². The van der Waals surface area contributed by atoms with Gasteiger partial charge in [-0.15, -0.1) is 0 Å². The number of hydrogen-bond donors (Lipinski definition) is 1. The lowest BCUT2D eigenvalue weighted by Gasteiger charge is -2.29. The zero-order valence-corrected chi connectivity index (χ0v) is 13.3. The van der Waals surface area contributed by atoms with Crippen molar-refractivity contribution in [1.82, 2.24) is 10.4 Å². The summed E-state index contributed by atoms with van der Waals surface area (Å²) in [6.07, 6.45) is -5.06. The van der Waals surface area contributed by atoms with Crippen LogP contribution < -0.4 is 5.43 Å². The second-order valence-electron chi connectivity index (χ2n) is 6.43. The average Bonchev–Trinajstić information content (AvgIpc) is 2.71. The molecule has 132 valence electrons. The summed E-state index contributed by atoms with van der Waals surface area (Å²) >= 11 is 0. The molecule has 1 amide bonds. The number of benzene rings is 1. The molecule has 1 aromatic rings. The summed E-state index contributed by atoms with van der Waals surface area (Å²) in [5.74, 6) is -0.470. The Bertz CT molecular complexity index is 646. The van der Waals surface area contributed by atoms with E-state index in [4.69, 9.17) is 0 Å². The maximum absolute atomic E-state index is 13.4. The summed E-state index contributed by atoms with van der Waals surface area (Å²) in [5, 5.41) is 11.8. The maximum Gasteiger partial charge on any atom is 0.405 e. The smallest absolute Gasteiger partial charge is 0.288 e. The summed E-state index contributed by atoms with van der Waals surface area (Å²) in [7, 11) is 0. The minimum Gasteiger partial charge on any atom is -0.288 e. The summed E-state index contributed by atoms with van der Waals surface area (Å²) < 4.78 is 40.2. The van der Waals surface area contributed by atoms with E-state index in [-0.39, 0.29) is 30.6 Å². The van der Waals surface area contributed by atoms with Crippen LogP contribution in [0.1, 0.15) is 25.8 Å². The number of carbonyl (C=O) groups excluding carboxylic acids is 1. The van der Waals surface area contributed by atoms with E-state index < -0.39 is 28.5 Å². The fourth-order valence-electron chi connectivity index (χ4n) is 2.70. The Morgan fingerprint density at radius 1 is 1.38 bits per heavy atom. The second-order valence-corrected chi connectivity index (χ2v) is 6.43. The normalized spacial score (nSPS) is 19.1. The van der Waals surface area contributed by atoms with Crippen LogP contribution in [0.3, 0.4) is 0 Å². The first kappa shape index (κ1) is 18.2. The number of nitrogens with zero attached hydrogens (tertiary/aromatic N) is 2. The van der Waals surface area contributed by atoms with Crippen LogP contribution in [0, 0.1) is 15.5 Å². The highest BCUT2D eigenvalue weighted by molar-refractivity contribution is 5.83. The van der Waals surface area contributed by atoms with Crippen LogP contribution in [-0.2, 0) is 11.2 Å². The van der Waals surface area contributed by atoms with Gasteiger partial charge in [-0.25, -0.2) is 5.01 Å². The molecule has 0 aromatic heterocycles. The number of hydrogen-bond acceptors (Lipinski definition) is 4. The molecule has 0 bridgehead atoms. The molecule has 1 aliphatic rings. The quantitative estimate of drug-likeness (QED) is 0.658. The molecule has 0 spiro atoms. The van der Waals surface area contributed by atoms with Crippen LogP contribution >= 0.6 is 0 Å². The first-order valence-electron chi connectivity index (χ1n) is 7.39. The highest BCUT2D eigenvalue weighted by Crippen LogP contribution is 2.33. The fourth-order valence-corrected chi connectivity index (χ4v) is 2.70. The minimum atomic E-state index is -4.56. The highest BCUT2D eigenvalue weighted by atomic mass is 19.4. The number of alkyl halides is 3. The first-order chi connectivity index (χ1) is 11.0. The number of hydrazine groups is 1. The van der Waals surface area contributed by atoms with Gasteiger partial charge in [-0.3, -0.25) is 20.3 Å². The molecular weight excluding hydrogens is 327 g/mol. The van der Waals surface area contributed by atoms with E-state index in [1.807, 2.05) is 0 Å². The van der Waals surface area contributed by atoms with E-state index in [2.05, 4.69) is 5.43 Å². The third-order valence-electron chi connectivity index (χ3n) is 4.05. The molecule has 9 heteroatoms. The van der Waals surface area contributed by atoms with E-state index >= 15 is 0 Å². The first-order valence-corrected chi connectivity index (χ1v) is 7.39. The van der Waals surface area contributed by atoms with Gasteiger partial charge >= 0.3 is 6.18 Å². The van der Waals surface area contributed by atoms with Gasteiger partial charge in [0.1, 0.15) is 6.04 Å². The number of nitro groups is 1. The Labute approximate surface area is 136 Å². The monoisotopic (exact) mass is 345 g/mol. The topological polar surface area (TPSA) is 75.5 Å². The lowest BCUT2D eigenvalue weighted by atomic mass is 9.94. The van der Waals surface area contributed by atoms with Crippen LogP contribution in [0.15, 0.2) is 24.3 Å². The molecule has 1 N–H and O–H groups in total. The molecule has 24 heavy (non-hydrogen) atoms. The molecule has 1 atom stereocenters. The van der Waals surface area contributed by atoms with Gasteiger partial charge in [0.25, 0.3) is 5.69 Å². The number of carbonyl (C=O) groups is 1. The molecule has 0 radical (unpaired) electrons.